The highest BCUT2D eigenvalue weighted by molar-refractivity contribution is 8.01. The molecule has 30 heavy (non-hydrogen) atoms. The maximum Gasteiger partial charge on any atom is 0.247 e. The molecule has 3 heterocycles. The largest absolute Gasteiger partial charge is 0.330 e. The van der Waals surface area contributed by atoms with Crippen molar-refractivity contribution < 1.29 is 9.59 Å². The third-order valence-electron chi connectivity index (χ3n) is 5.25. The van der Waals surface area contributed by atoms with E-state index in [2.05, 4.69) is 10.3 Å². The lowest BCUT2D eigenvalue weighted by atomic mass is 10.2. The minimum Gasteiger partial charge on any atom is -0.330 e. The number of hydrogen-bond acceptors (Lipinski definition) is 5. The quantitative estimate of drug-likeness (QED) is 0.581. The first kappa shape index (κ1) is 20.7. The molecule has 4 rings (SSSR count). The van der Waals surface area contributed by atoms with Crippen LogP contribution in [0.3, 0.4) is 0 Å². The van der Waals surface area contributed by atoms with Gasteiger partial charge in [-0.1, -0.05) is 23.9 Å². The van der Waals surface area contributed by atoms with Crippen LogP contribution < -0.4 is 5.32 Å². The lowest BCUT2D eigenvalue weighted by Gasteiger charge is -2.24. The van der Waals surface area contributed by atoms with Crippen molar-refractivity contribution in [2.24, 2.45) is 0 Å². The summed E-state index contributed by atoms with van der Waals surface area (Å²) in [6.07, 6.45) is 5.40. The number of carbonyl (C=O) groups excluding carboxylic acids is 2. The zero-order valence-electron chi connectivity index (χ0n) is 17.0. The molecule has 6 nitrogen and oxygen atoms in total. The summed E-state index contributed by atoms with van der Waals surface area (Å²) in [5, 5.41) is 3.04. The Morgan fingerprint density at radius 3 is 2.70 bits per heavy atom. The number of likely N-dealkylation sites (tertiary alicyclic amines) is 1. The molecule has 0 radical (unpaired) electrons. The average molecular weight is 441 g/mol. The van der Waals surface area contributed by atoms with Gasteiger partial charge in [-0.05, 0) is 51.0 Å². The number of anilines is 1. The van der Waals surface area contributed by atoms with Crippen molar-refractivity contribution in [1.29, 1.82) is 0 Å². The Hall–Kier alpha value is -2.58. The normalized spacial score (nSPS) is 16.1. The Morgan fingerprint density at radius 2 is 1.97 bits per heavy atom. The van der Waals surface area contributed by atoms with E-state index < -0.39 is 6.04 Å². The zero-order valence-corrected chi connectivity index (χ0v) is 18.6. The van der Waals surface area contributed by atoms with Crippen molar-refractivity contribution in [3.8, 4) is 5.69 Å². The molecule has 1 fully saturated rings. The van der Waals surface area contributed by atoms with Gasteiger partial charge in [0.05, 0.1) is 22.8 Å². The number of rotatable bonds is 6. The molecule has 1 saturated heterocycles. The van der Waals surface area contributed by atoms with E-state index >= 15 is 0 Å². The number of carbonyl (C=O) groups is 2. The molecule has 2 amide bonds. The summed E-state index contributed by atoms with van der Waals surface area (Å²) in [5.41, 5.74) is 2.65. The third-order valence-corrected chi connectivity index (χ3v) is 7.45. The van der Waals surface area contributed by atoms with Gasteiger partial charge in [0.1, 0.15) is 6.04 Å². The second-order valence-corrected chi connectivity index (χ2v) is 9.68. The van der Waals surface area contributed by atoms with Gasteiger partial charge in [0, 0.05) is 23.8 Å². The van der Waals surface area contributed by atoms with Gasteiger partial charge in [-0.15, -0.1) is 11.3 Å². The lowest BCUT2D eigenvalue weighted by molar-refractivity contribution is -0.134. The molecule has 1 aromatic carbocycles. The Balaban J connectivity index is 1.42. The van der Waals surface area contributed by atoms with Gasteiger partial charge in [0.15, 0.2) is 4.34 Å². The summed E-state index contributed by atoms with van der Waals surface area (Å²) in [4.78, 5) is 33.2. The topological polar surface area (TPSA) is 67.2 Å². The fourth-order valence-electron chi connectivity index (χ4n) is 3.56. The van der Waals surface area contributed by atoms with Crippen LogP contribution in [0.1, 0.15) is 23.4 Å². The van der Waals surface area contributed by atoms with Crippen LogP contribution in [0.4, 0.5) is 5.69 Å². The highest BCUT2D eigenvalue weighted by Crippen LogP contribution is 2.28. The highest BCUT2D eigenvalue weighted by Gasteiger charge is 2.34. The lowest BCUT2D eigenvalue weighted by Crippen LogP contribution is -2.44. The molecular formula is C22H24N4O2S2. The molecule has 156 valence electrons. The molecule has 3 aromatic rings. The molecule has 1 aliphatic rings. The number of thiazole rings is 1. The van der Waals surface area contributed by atoms with E-state index in [1.165, 1.54) is 16.6 Å². The first-order valence-corrected chi connectivity index (χ1v) is 11.7. The summed E-state index contributed by atoms with van der Waals surface area (Å²) < 4.78 is 2.86. The summed E-state index contributed by atoms with van der Waals surface area (Å²) in [5.74, 6) is 0.157. The fourth-order valence-corrected chi connectivity index (χ4v) is 5.60. The summed E-state index contributed by atoms with van der Waals surface area (Å²) in [7, 11) is 0. The molecule has 0 aliphatic carbocycles. The molecule has 0 saturated carbocycles. The van der Waals surface area contributed by atoms with Crippen LogP contribution >= 0.6 is 23.1 Å². The Bertz CT molecular complexity index is 1030. The predicted molar refractivity (Wildman–Crippen MR) is 121 cm³/mol. The molecule has 2 aromatic heterocycles. The van der Waals surface area contributed by atoms with E-state index in [4.69, 9.17) is 0 Å². The van der Waals surface area contributed by atoms with Crippen molar-refractivity contribution in [3.05, 3.63) is 59.4 Å². The Labute approximate surface area is 184 Å². The van der Waals surface area contributed by atoms with Crippen molar-refractivity contribution in [2.75, 3.05) is 17.6 Å². The van der Waals surface area contributed by atoms with Crippen molar-refractivity contribution in [2.45, 2.75) is 37.1 Å². The number of nitrogens with one attached hydrogen (secondary N) is 1. The van der Waals surface area contributed by atoms with Crippen LogP contribution in [0, 0.1) is 13.8 Å². The van der Waals surface area contributed by atoms with Gasteiger partial charge >= 0.3 is 0 Å². The molecule has 1 atom stereocenters. The van der Waals surface area contributed by atoms with Gasteiger partial charge < -0.3 is 14.8 Å². The van der Waals surface area contributed by atoms with Crippen molar-refractivity contribution in [3.63, 3.8) is 0 Å². The maximum absolute atomic E-state index is 13.0. The van der Waals surface area contributed by atoms with Crippen molar-refractivity contribution >= 4 is 40.6 Å². The number of amides is 2. The van der Waals surface area contributed by atoms with E-state index in [9.17, 15) is 9.59 Å². The standard InChI is InChI=1S/C22H24N4O2S2/c1-15-16(2)30-22(23-15)29-14-20(27)26-13-7-10-19(26)21(28)24-17-8-3-4-9-18(17)25-11-5-6-12-25/h3-6,8-9,11-12,19H,7,10,13-14H2,1-2H3,(H,24,28). The minimum atomic E-state index is -0.435. The smallest absolute Gasteiger partial charge is 0.247 e. The van der Waals surface area contributed by atoms with E-state index in [-0.39, 0.29) is 11.8 Å². The van der Waals surface area contributed by atoms with E-state index in [0.29, 0.717) is 18.7 Å². The zero-order chi connectivity index (χ0) is 21.1. The Kier molecular flexibility index (Phi) is 6.24. The fraction of sp³-hybridized carbons (Fsp3) is 0.318. The van der Waals surface area contributed by atoms with Crippen LogP contribution in [0.25, 0.3) is 5.69 Å². The van der Waals surface area contributed by atoms with Crippen LogP contribution in [-0.2, 0) is 9.59 Å². The first-order chi connectivity index (χ1) is 14.5. The van der Waals surface area contributed by atoms with Gasteiger partial charge in [0.2, 0.25) is 11.8 Å². The number of aryl methyl sites for hydroxylation is 2. The number of para-hydroxylation sites is 2. The number of aromatic nitrogens is 2. The number of nitrogens with zero attached hydrogens (tertiary/aromatic N) is 3. The monoisotopic (exact) mass is 440 g/mol. The van der Waals surface area contributed by atoms with Crippen molar-refractivity contribution in [1.82, 2.24) is 14.5 Å². The van der Waals surface area contributed by atoms with Gasteiger partial charge in [-0.2, -0.15) is 0 Å². The van der Waals surface area contributed by atoms with Crippen LogP contribution in [0.5, 0.6) is 0 Å². The minimum absolute atomic E-state index is 0.0122. The molecule has 1 unspecified atom stereocenters. The number of benzene rings is 1. The number of thioether (sulfide) groups is 1. The highest BCUT2D eigenvalue weighted by atomic mass is 32.2. The molecule has 0 bridgehead atoms. The van der Waals surface area contributed by atoms with Crippen LogP contribution in [0.15, 0.2) is 53.1 Å². The molecular weight excluding hydrogens is 416 g/mol. The predicted octanol–water partition coefficient (Wildman–Crippen LogP) is 4.27. The van der Waals surface area contributed by atoms with E-state index in [1.54, 1.807) is 16.2 Å². The van der Waals surface area contributed by atoms with Gasteiger partial charge in [-0.25, -0.2) is 4.98 Å². The van der Waals surface area contributed by atoms with Gasteiger partial charge in [0.25, 0.3) is 0 Å². The SMILES string of the molecule is Cc1nc(SCC(=O)N2CCCC2C(=O)Nc2ccccc2-n2cccc2)sc1C. The van der Waals surface area contributed by atoms with E-state index in [1.807, 2.05) is 67.2 Å². The van der Waals surface area contributed by atoms with Gasteiger partial charge in [-0.3, -0.25) is 9.59 Å². The van der Waals surface area contributed by atoms with Crippen LogP contribution in [-0.4, -0.2) is 44.6 Å². The summed E-state index contributed by atoms with van der Waals surface area (Å²) in [6.45, 7) is 4.63. The maximum atomic E-state index is 13.0. The second-order valence-electron chi connectivity index (χ2n) is 7.25. The Morgan fingerprint density at radius 1 is 1.20 bits per heavy atom. The molecule has 0 spiro atoms. The molecule has 8 heteroatoms. The third kappa shape index (κ3) is 4.44. The second kappa shape index (κ2) is 9.06. The molecule has 1 aliphatic heterocycles. The average Bonchev–Trinajstić information content (AvgIpc) is 3.49. The first-order valence-electron chi connectivity index (χ1n) is 9.92. The summed E-state index contributed by atoms with van der Waals surface area (Å²) in [6, 6.07) is 11.1. The molecule has 1 N–H and O–H groups in total. The number of hydrogen-bond donors (Lipinski definition) is 1. The summed E-state index contributed by atoms with van der Waals surface area (Å²) >= 11 is 3.06. The van der Waals surface area contributed by atoms with E-state index in [0.717, 1.165) is 27.8 Å². The van der Waals surface area contributed by atoms with Crippen LogP contribution in [0.2, 0.25) is 0 Å².